The SMILES string of the molecule is CNC(=O)C(CC(C)C)NC1CCCc2ccccc21. The Bertz CT molecular complexity index is 456. The summed E-state index contributed by atoms with van der Waals surface area (Å²) < 4.78 is 0. The van der Waals surface area contributed by atoms with Gasteiger partial charge in [-0.05, 0) is 42.7 Å². The fraction of sp³-hybridized carbons (Fsp3) is 0.588. The lowest BCUT2D eigenvalue weighted by atomic mass is 9.87. The Morgan fingerprint density at radius 3 is 2.80 bits per heavy atom. The molecule has 0 heterocycles. The van der Waals surface area contributed by atoms with Crippen molar-refractivity contribution in [3.63, 3.8) is 0 Å². The predicted molar refractivity (Wildman–Crippen MR) is 82.6 cm³/mol. The Morgan fingerprint density at radius 1 is 1.35 bits per heavy atom. The van der Waals surface area contributed by atoms with Gasteiger partial charge in [-0.15, -0.1) is 0 Å². The maximum Gasteiger partial charge on any atom is 0.236 e. The molecule has 0 bridgehead atoms. The number of aryl methyl sites for hydroxylation is 1. The zero-order valence-electron chi connectivity index (χ0n) is 12.8. The van der Waals surface area contributed by atoms with Gasteiger partial charge >= 0.3 is 0 Å². The van der Waals surface area contributed by atoms with Crippen LogP contribution in [0.1, 0.15) is 50.3 Å². The Morgan fingerprint density at radius 2 is 2.10 bits per heavy atom. The van der Waals surface area contributed by atoms with Crippen molar-refractivity contribution in [1.29, 1.82) is 0 Å². The van der Waals surface area contributed by atoms with Gasteiger partial charge in [-0.3, -0.25) is 10.1 Å². The summed E-state index contributed by atoms with van der Waals surface area (Å²) in [6, 6.07) is 8.81. The van der Waals surface area contributed by atoms with Gasteiger partial charge in [-0.2, -0.15) is 0 Å². The molecular weight excluding hydrogens is 248 g/mol. The lowest BCUT2D eigenvalue weighted by Gasteiger charge is -2.30. The van der Waals surface area contributed by atoms with Crippen LogP contribution < -0.4 is 10.6 Å². The molecule has 1 aliphatic rings. The third-order valence-electron chi connectivity index (χ3n) is 4.04. The molecule has 110 valence electrons. The number of benzene rings is 1. The third-order valence-corrected chi connectivity index (χ3v) is 4.04. The van der Waals surface area contributed by atoms with Gasteiger partial charge in [-0.1, -0.05) is 38.1 Å². The van der Waals surface area contributed by atoms with Crippen LogP contribution in [0.4, 0.5) is 0 Å². The molecule has 1 aliphatic carbocycles. The Hall–Kier alpha value is -1.35. The number of carbonyl (C=O) groups excluding carboxylic acids is 1. The smallest absolute Gasteiger partial charge is 0.236 e. The number of hydrogen-bond donors (Lipinski definition) is 2. The minimum atomic E-state index is -0.101. The van der Waals surface area contributed by atoms with E-state index in [9.17, 15) is 4.79 Å². The first-order valence-corrected chi connectivity index (χ1v) is 7.67. The molecule has 0 radical (unpaired) electrons. The quantitative estimate of drug-likeness (QED) is 0.867. The lowest BCUT2D eigenvalue weighted by molar-refractivity contribution is -0.123. The van der Waals surface area contributed by atoms with Crippen LogP contribution in [-0.4, -0.2) is 19.0 Å². The topological polar surface area (TPSA) is 41.1 Å². The molecule has 3 heteroatoms. The number of rotatable bonds is 5. The zero-order valence-corrected chi connectivity index (χ0v) is 12.8. The van der Waals surface area contributed by atoms with E-state index in [1.165, 1.54) is 17.5 Å². The molecule has 0 saturated carbocycles. The number of amides is 1. The van der Waals surface area contributed by atoms with Crippen molar-refractivity contribution in [3.05, 3.63) is 35.4 Å². The summed E-state index contributed by atoms with van der Waals surface area (Å²) in [5, 5.41) is 6.36. The molecule has 2 atom stereocenters. The second-order valence-corrected chi connectivity index (χ2v) is 6.11. The fourth-order valence-corrected chi connectivity index (χ4v) is 3.07. The molecule has 1 aromatic rings. The number of likely N-dealkylation sites (N-methyl/N-ethyl adjacent to an activating group) is 1. The van der Waals surface area contributed by atoms with E-state index in [4.69, 9.17) is 0 Å². The summed E-state index contributed by atoms with van der Waals surface area (Å²) in [7, 11) is 1.71. The number of nitrogens with one attached hydrogen (secondary N) is 2. The highest BCUT2D eigenvalue weighted by molar-refractivity contribution is 5.81. The van der Waals surface area contributed by atoms with E-state index >= 15 is 0 Å². The normalized spacial score (nSPS) is 19.5. The Kier molecular flexibility index (Phi) is 5.18. The standard InChI is InChI=1S/C17H26N2O/c1-12(2)11-16(17(20)18-3)19-15-10-6-8-13-7-4-5-9-14(13)15/h4-5,7,9,12,15-16,19H,6,8,10-11H2,1-3H3,(H,18,20). The van der Waals surface area contributed by atoms with Crippen LogP contribution in [0.25, 0.3) is 0 Å². The monoisotopic (exact) mass is 274 g/mol. The van der Waals surface area contributed by atoms with Gasteiger partial charge < -0.3 is 5.32 Å². The molecule has 1 aromatic carbocycles. The summed E-state index contributed by atoms with van der Waals surface area (Å²) in [6.45, 7) is 4.32. The predicted octanol–water partition coefficient (Wildman–Crippen LogP) is 2.81. The third kappa shape index (κ3) is 3.60. The zero-order chi connectivity index (χ0) is 14.5. The summed E-state index contributed by atoms with van der Waals surface area (Å²) in [6.07, 6.45) is 4.33. The van der Waals surface area contributed by atoms with Crippen molar-refractivity contribution in [3.8, 4) is 0 Å². The lowest BCUT2D eigenvalue weighted by Crippen LogP contribution is -2.45. The van der Waals surface area contributed by atoms with Crippen LogP contribution in [0.5, 0.6) is 0 Å². The van der Waals surface area contributed by atoms with Crippen molar-refractivity contribution in [2.45, 2.75) is 51.6 Å². The van der Waals surface area contributed by atoms with E-state index < -0.39 is 0 Å². The van der Waals surface area contributed by atoms with Crippen molar-refractivity contribution < 1.29 is 4.79 Å². The molecule has 0 fully saturated rings. The average molecular weight is 274 g/mol. The van der Waals surface area contributed by atoms with Crippen LogP contribution in [0.15, 0.2) is 24.3 Å². The van der Waals surface area contributed by atoms with Crippen molar-refractivity contribution in [2.75, 3.05) is 7.05 Å². The maximum absolute atomic E-state index is 12.1. The van der Waals surface area contributed by atoms with Gasteiger partial charge in [0.2, 0.25) is 5.91 Å². The number of carbonyl (C=O) groups is 1. The van der Waals surface area contributed by atoms with Gasteiger partial charge in [0.1, 0.15) is 0 Å². The molecule has 0 saturated heterocycles. The molecule has 0 aliphatic heterocycles. The second-order valence-electron chi connectivity index (χ2n) is 6.11. The van der Waals surface area contributed by atoms with Crippen LogP contribution in [0, 0.1) is 5.92 Å². The van der Waals surface area contributed by atoms with Crippen LogP contribution in [0.2, 0.25) is 0 Å². The van der Waals surface area contributed by atoms with Crippen LogP contribution in [-0.2, 0) is 11.2 Å². The highest BCUT2D eigenvalue weighted by Gasteiger charge is 2.26. The highest BCUT2D eigenvalue weighted by atomic mass is 16.2. The second kappa shape index (κ2) is 6.89. The summed E-state index contributed by atoms with van der Waals surface area (Å²) in [5.41, 5.74) is 2.80. The maximum atomic E-state index is 12.1. The molecule has 20 heavy (non-hydrogen) atoms. The molecule has 2 unspecified atom stereocenters. The minimum absolute atomic E-state index is 0.0988. The molecule has 0 aromatic heterocycles. The molecule has 3 nitrogen and oxygen atoms in total. The van der Waals surface area contributed by atoms with E-state index in [0.29, 0.717) is 12.0 Å². The Balaban J connectivity index is 2.13. The van der Waals surface area contributed by atoms with Gasteiger partial charge in [0.05, 0.1) is 6.04 Å². The summed E-state index contributed by atoms with van der Waals surface area (Å²) in [5.74, 6) is 0.602. The molecule has 0 spiro atoms. The summed E-state index contributed by atoms with van der Waals surface area (Å²) >= 11 is 0. The van der Waals surface area contributed by atoms with Crippen molar-refractivity contribution in [1.82, 2.24) is 10.6 Å². The number of fused-ring (bicyclic) bond motifs is 1. The number of hydrogen-bond acceptors (Lipinski definition) is 2. The molecule has 1 amide bonds. The van der Waals surface area contributed by atoms with Crippen molar-refractivity contribution in [2.24, 2.45) is 5.92 Å². The molecular formula is C17H26N2O. The Labute approximate surface area is 122 Å². The van der Waals surface area contributed by atoms with Gasteiger partial charge in [-0.25, -0.2) is 0 Å². The van der Waals surface area contributed by atoms with E-state index in [2.05, 4.69) is 48.7 Å². The van der Waals surface area contributed by atoms with Gasteiger partial charge in [0.25, 0.3) is 0 Å². The largest absolute Gasteiger partial charge is 0.358 e. The van der Waals surface area contributed by atoms with Crippen LogP contribution >= 0.6 is 0 Å². The fourth-order valence-electron chi connectivity index (χ4n) is 3.07. The molecule has 2 N–H and O–H groups in total. The summed E-state index contributed by atoms with van der Waals surface area (Å²) in [4.78, 5) is 12.1. The molecule has 2 rings (SSSR count). The van der Waals surface area contributed by atoms with E-state index in [0.717, 1.165) is 19.3 Å². The first kappa shape index (κ1) is 15.0. The van der Waals surface area contributed by atoms with E-state index in [1.807, 2.05) is 0 Å². The first-order valence-electron chi connectivity index (χ1n) is 7.67. The van der Waals surface area contributed by atoms with Crippen molar-refractivity contribution >= 4 is 5.91 Å². The van der Waals surface area contributed by atoms with Gasteiger partial charge in [0.15, 0.2) is 0 Å². The van der Waals surface area contributed by atoms with Gasteiger partial charge in [0, 0.05) is 13.1 Å². The van der Waals surface area contributed by atoms with E-state index in [1.54, 1.807) is 7.05 Å². The van der Waals surface area contributed by atoms with Crippen LogP contribution in [0.3, 0.4) is 0 Å². The van der Waals surface area contributed by atoms with E-state index in [-0.39, 0.29) is 11.9 Å². The average Bonchev–Trinajstić information content (AvgIpc) is 2.45. The minimum Gasteiger partial charge on any atom is -0.358 e. The first-order chi connectivity index (χ1) is 9.61. The highest BCUT2D eigenvalue weighted by Crippen LogP contribution is 2.30.